The minimum Gasteiger partial charge on any atom is -0.321 e. The third-order valence-electron chi connectivity index (χ3n) is 3.01. The van der Waals surface area contributed by atoms with E-state index in [-0.39, 0.29) is 5.56 Å². The van der Waals surface area contributed by atoms with Gasteiger partial charge in [0.05, 0.1) is 16.9 Å². The zero-order valence-corrected chi connectivity index (χ0v) is 11.1. The fraction of sp³-hybridized carbons (Fsp3) is 0.0667. The number of rotatable bonds is 2. The first-order valence-corrected chi connectivity index (χ1v) is 6.25. The summed E-state index contributed by atoms with van der Waals surface area (Å²) in [6.45, 7) is 1.86. The SMILES string of the molecule is Cc1cn2cc(NC(=O)c3ccc(F)cc3F)ccc2n1. The monoisotopic (exact) mass is 287 g/mol. The summed E-state index contributed by atoms with van der Waals surface area (Å²) < 4.78 is 28.1. The quantitative estimate of drug-likeness (QED) is 0.787. The van der Waals surface area contributed by atoms with Crippen LogP contribution >= 0.6 is 0 Å². The third-order valence-corrected chi connectivity index (χ3v) is 3.01. The van der Waals surface area contributed by atoms with Crippen LogP contribution in [0.3, 0.4) is 0 Å². The van der Waals surface area contributed by atoms with Crippen LogP contribution in [0.2, 0.25) is 0 Å². The van der Waals surface area contributed by atoms with E-state index in [1.807, 2.05) is 13.1 Å². The summed E-state index contributed by atoms with van der Waals surface area (Å²) in [6.07, 6.45) is 3.48. The van der Waals surface area contributed by atoms with Gasteiger partial charge in [-0.2, -0.15) is 0 Å². The van der Waals surface area contributed by atoms with Crippen molar-refractivity contribution in [1.82, 2.24) is 9.38 Å². The number of nitrogens with zero attached hydrogens (tertiary/aromatic N) is 2. The van der Waals surface area contributed by atoms with E-state index in [0.29, 0.717) is 11.8 Å². The highest BCUT2D eigenvalue weighted by Crippen LogP contribution is 2.15. The second-order valence-electron chi connectivity index (χ2n) is 4.64. The van der Waals surface area contributed by atoms with Crippen molar-refractivity contribution in [3.05, 3.63) is 65.6 Å². The summed E-state index contributed by atoms with van der Waals surface area (Å²) in [5.41, 5.74) is 1.88. The molecule has 1 aromatic carbocycles. The Hall–Kier alpha value is -2.76. The van der Waals surface area contributed by atoms with Crippen LogP contribution in [-0.4, -0.2) is 15.3 Å². The molecule has 0 aliphatic carbocycles. The minimum absolute atomic E-state index is 0.210. The van der Waals surface area contributed by atoms with Gasteiger partial charge in [0.25, 0.3) is 5.91 Å². The highest BCUT2D eigenvalue weighted by Gasteiger charge is 2.13. The number of hydrogen-bond donors (Lipinski definition) is 1. The molecule has 3 aromatic rings. The van der Waals surface area contributed by atoms with Crippen LogP contribution < -0.4 is 5.32 Å². The number of aromatic nitrogens is 2. The average Bonchev–Trinajstić information content (AvgIpc) is 2.77. The Morgan fingerprint density at radius 3 is 2.76 bits per heavy atom. The number of amides is 1. The first-order valence-electron chi connectivity index (χ1n) is 6.25. The Morgan fingerprint density at radius 1 is 1.19 bits per heavy atom. The predicted octanol–water partition coefficient (Wildman–Crippen LogP) is 3.17. The fourth-order valence-corrected chi connectivity index (χ4v) is 2.06. The van der Waals surface area contributed by atoms with Crippen LogP contribution in [0.1, 0.15) is 16.1 Å². The van der Waals surface area contributed by atoms with Crippen LogP contribution in [0, 0.1) is 18.6 Å². The van der Waals surface area contributed by atoms with E-state index < -0.39 is 17.5 Å². The Morgan fingerprint density at radius 2 is 2.00 bits per heavy atom. The molecular formula is C15H11F2N3O. The fourth-order valence-electron chi connectivity index (χ4n) is 2.06. The van der Waals surface area contributed by atoms with Crippen LogP contribution in [0.4, 0.5) is 14.5 Å². The maximum absolute atomic E-state index is 13.5. The summed E-state index contributed by atoms with van der Waals surface area (Å²) in [5, 5.41) is 2.57. The molecule has 4 nitrogen and oxygen atoms in total. The molecule has 3 rings (SSSR count). The number of benzene rings is 1. The standard InChI is InChI=1S/C15H11F2N3O/c1-9-7-20-8-11(3-5-14(20)18-9)19-15(21)12-4-2-10(16)6-13(12)17/h2-8H,1H3,(H,19,21). The summed E-state index contributed by atoms with van der Waals surface area (Å²) >= 11 is 0. The lowest BCUT2D eigenvalue weighted by atomic mass is 10.2. The van der Waals surface area contributed by atoms with E-state index >= 15 is 0 Å². The second-order valence-corrected chi connectivity index (χ2v) is 4.64. The molecule has 0 aliphatic heterocycles. The van der Waals surface area contributed by atoms with Crippen molar-refractivity contribution in [2.75, 3.05) is 5.32 Å². The van der Waals surface area contributed by atoms with Crippen molar-refractivity contribution in [1.29, 1.82) is 0 Å². The van der Waals surface area contributed by atoms with E-state index in [9.17, 15) is 13.6 Å². The van der Waals surface area contributed by atoms with E-state index in [2.05, 4.69) is 10.3 Å². The molecule has 0 unspecified atom stereocenters. The van der Waals surface area contributed by atoms with Gasteiger partial charge in [0, 0.05) is 18.5 Å². The number of fused-ring (bicyclic) bond motifs is 1. The number of carbonyl (C=O) groups is 1. The largest absolute Gasteiger partial charge is 0.321 e. The zero-order chi connectivity index (χ0) is 15.0. The molecule has 106 valence electrons. The summed E-state index contributed by atoms with van der Waals surface area (Å²) in [5.74, 6) is -2.25. The molecule has 1 amide bonds. The highest BCUT2D eigenvalue weighted by molar-refractivity contribution is 6.04. The van der Waals surface area contributed by atoms with Gasteiger partial charge in [-0.05, 0) is 31.2 Å². The number of imidazole rings is 1. The molecule has 0 atom stereocenters. The van der Waals surface area contributed by atoms with Crippen molar-refractivity contribution in [3.63, 3.8) is 0 Å². The number of pyridine rings is 1. The summed E-state index contributed by atoms with van der Waals surface area (Å²) in [4.78, 5) is 16.3. The number of anilines is 1. The first kappa shape index (κ1) is 13.2. The van der Waals surface area contributed by atoms with Gasteiger partial charge in [-0.1, -0.05) is 0 Å². The zero-order valence-electron chi connectivity index (χ0n) is 11.1. The molecule has 0 radical (unpaired) electrons. The molecule has 21 heavy (non-hydrogen) atoms. The van der Waals surface area contributed by atoms with E-state index in [4.69, 9.17) is 0 Å². The lowest BCUT2D eigenvalue weighted by Gasteiger charge is -2.06. The Bertz CT molecular complexity index is 842. The van der Waals surface area contributed by atoms with Crippen LogP contribution in [-0.2, 0) is 0 Å². The Kier molecular flexibility index (Phi) is 3.13. The number of nitrogens with one attached hydrogen (secondary N) is 1. The third kappa shape index (κ3) is 2.60. The second kappa shape index (κ2) is 4.97. The van der Waals surface area contributed by atoms with Crippen molar-refractivity contribution < 1.29 is 13.6 Å². The van der Waals surface area contributed by atoms with Gasteiger partial charge in [-0.15, -0.1) is 0 Å². The van der Waals surface area contributed by atoms with E-state index in [1.165, 1.54) is 0 Å². The van der Waals surface area contributed by atoms with Crippen molar-refractivity contribution >= 4 is 17.2 Å². The van der Waals surface area contributed by atoms with Crippen molar-refractivity contribution in [2.24, 2.45) is 0 Å². The van der Waals surface area contributed by atoms with Gasteiger partial charge < -0.3 is 9.72 Å². The molecule has 0 saturated heterocycles. The maximum atomic E-state index is 13.5. The predicted molar refractivity (Wildman–Crippen MR) is 74.2 cm³/mol. The molecular weight excluding hydrogens is 276 g/mol. The average molecular weight is 287 g/mol. The van der Waals surface area contributed by atoms with Gasteiger partial charge in [0.15, 0.2) is 0 Å². The minimum atomic E-state index is -0.896. The number of aryl methyl sites for hydroxylation is 1. The Balaban J connectivity index is 1.88. The molecule has 0 aliphatic rings. The number of hydrogen-bond acceptors (Lipinski definition) is 2. The molecule has 1 N–H and O–H groups in total. The van der Waals surface area contributed by atoms with E-state index in [0.717, 1.165) is 23.5 Å². The maximum Gasteiger partial charge on any atom is 0.258 e. The molecule has 0 saturated carbocycles. The first-order chi connectivity index (χ1) is 10.0. The molecule has 0 fully saturated rings. The van der Waals surface area contributed by atoms with Crippen LogP contribution in [0.5, 0.6) is 0 Å². The molecule has 2 aromatic heterocycles. The Labute approximate surface area is 119 Å². The summed E-state index contributed by atoms with van der Waals surface area (Å²) in [7, 11) is 0. The molecule has 2 heterocycles. The normalized spacial score (nSPS) is 10.8. The van der Waals surface area contributed by atoms with Gasteiger partial charge in [0.1, 0.15) is 17.3 Å². The molecule has 0 bridgehead atoms. The lowest BCUT2D eigenvalue weighted by molar-refractivity contribution is 0.102. The molecule has 0 spiro atoms. The van der Waals surface area contributed by atoms with Crippen LogP contribution in [0.25, 0.3) is 5.65 Å². The summed E-state index contributed by atoms with van der Waals surface area (Å²) in [6, 6.07) is 6.24. The van der Waals surface area contributed by atoms with Gasteiger partial charge in [-0.3, -0.25) is 4.79 Å². The number of halogens is 2. The van der Waals surface area contributed by atoms with Crippen molar-refractivity contribution in [3.8, 4) is 0 Å². The van der Waals surface area contributed by atoms with Gasteiger partial charge in [-0.25, -0.2) is 13.8 Å². The van der Waals surface area contributed by atoms with Gasteiger partial charge in [0.2, 0.25) is 0 Å². The van der Waals surface area contributed by atoms with Crippen molar-refractivity contribution in [2.45, 2.75) is 6.92 Å². The smallest absolute Gasteiger partial charge is 0.258 e. The van der Waals surface area contributed by atoms with Gasteiger partial charge >= 0.3 is 0 Å². The molecule has 6 heteroatoms. The topological polar surface area (TPSA) is 46.4 Å². The highest BCUT2D eigenvalue weighted by atomic mass is 19.1. The van der Waals surface area contributed by atoms with E-state index in [1.54, 1.807) is 22.7 Å². The lowest BCUT2D eigenvalue weighted by Crippen LogP contribution is -2.14. The van der Waals surface area contributed by atoms with Crippen LogP contribution in [0.15, 0.2) is 42.7 Å². The number of carbonyl (C=O) groups excluding carboxylic acids is 1.